The van der Waals surface area contributed by atoms with Crippen molar-refractivity contribution in [2.75, 3.05) is 33.3 Å². The first-order chi connectivity index (χ1) is 16.5. The van der Waals surface area contributed by atoms with E-state index < -0.39 is 0 Å². The molecular weight excluding hydrogens is 457 g/mol. The summed E-state index contributed by atoms with van der Waals surface area (Å²) >= 11 is 1.34. The molecule has 1 aliphatic heterocycles. The lowest BCUT2D eigenvalue weighted by Gasteiger charge is -2.34. The predicted octanol–water partition coefficient (Wildman–Crippen LogP) is 2.92. The van der Waals surface area contributed by atoms with Gasteiger partial charge in [-0.2, -0.15) is 9.61 Å². The van der Waals surface area contributed by atoms with Crippen molar-refractivity contribution < 1.29 is 13.9 Å². The molecule has 34 heavy (non-hydrogen) atoms. The summed E-state index contributed by atoms with van der Waals surface area (Å²) in [6.07, 6.45) is 0. The van der Waals surface area contributed by atoms with Crippen LogP contribution < -0.4 is 10.3 Å². The van der Waals surface area contributed by atoms with Crippen molar-refractivity contribution in [3.63, 3.8) is 0 Å². The number of hydrogen-bond acceptors (Lipinski definition) is 7. The van der Waals surface area contributed by atoms with Crippen molar-refractivity contribution in [1.29, 1.82) is 0 Å². The van der Waals surface area contributed by atoms with Crippen LogP contribution in [0.15, 0.2) is 59.4 Å². The van der Waals surface area contributed by atoms with E-state index in [0.29, 0.717) is 59.7 Å². The molecule has 10 heteroatoms. The number of rotatable bonds is 5. The third kappa shape index (κ3) is 4.42. The van der Waals surface area contributed by atoms with E-state index in [4.69, 9.17) is 4.74 Å². The first-order valence-corrected chi connectivity index (χ1v) is 11.6. The van der Waals surface area contributed by atoms with Crippen molar-refractivity contribution in [2.45, 2.75) is 6.54 Å². The van der Waals surface area contributed by atoms with Crippen LogP contribution in [0.3, 0.4) is 0 Å². The second-order valence-corrected chi connectivity index (χ2v) is 8.92. The van der Waals surface area contributed by atoms with Gasteiger partial charge in [0.15, 0.2) is 5.01 Å². The van der Waals surface area contributed by atoms with E-state index in [-0.39, 0.29) is 17.3 Å². The number of ether oxygens (including phenoxy) is 1. The van der Waals surface area contributed by atoms with Crippen molar-refractivity contribution >= 4 is 22.2 Å². The van der Waals surface area contributed by atoms with Crippen LogP contribution in [0.5, 0.6) is 5.75 Å². The molecule has 0 radical (unpaired) electrons. The quantitative estimate of drug-likeness (QED) is 0.438. The SMILES string of the molecule is COc1ccccc1-c1nn2c(=O)cc(CN3CCN(C(=O)c4ccc(F)cc4)CC3)nc2s1. The molecule has 8 nitrogen and oxygen atoms in total. The minimum Gasteiger partial charge on any atom is -0.496 e. The fraction of sp³-hybridized carbons (Fsp3) is 0.250. The molecule has 1 aliphatic rings. The average molecular weight is 480 g/mol. The zero-order valence-corrected chi connectivity index (χ0v) is 19.3. The third-order valence-corrected chi connectivity index (χ3v) is 6.71. The Morgan fingerprint density at radius 1 is 1.09 bits per heavy atom. The Bertz CT molecular complexity index is 1390. The zero-order valence-electron chi connectivity index (χ0n) is 18.5. The second kappa shape index (κ2) is 9.32. The molecule has 0 bridgehead atoms. The molecule has 0 atom stereocenters. The van der Waals surface area contributed by atoms with Crippen LogP contribution in [0.2, 0.25) is 0 Å². The van der Waals surface area contributed by atoms with Crippen LogP contribution in [0.25, 0.3) is 15.5 Å². The number of para-hydroxylation sites is 1. The highest BCUT2D eigenvalue weighted by molar-refractivity contribution is 7.19. The number of halogens is 1. The number of aromatic nitrogens is 3. The van der Waals surface area contributed by atoms with E-state index in [9.17, 15) is 14.0 Å². The molecule has 0 saturated carbocycles. The minimum atomic E-state index is -0.363. The van der Waals surface area contributed by atoms with Gasteiger partial charge in [0.05, 0.1) is 18.4 Å². The number of hydrogen-bond donors (Lipinski definition) is 0. The van der Waals surface area contributed by atoms with Gasteiger partial charge in [0.25, 0.3) is 11.5 Å². The van der Waals surface area contributed by atoms with Gasteiger partial charge in [-0.1, -0.05) is 23.5 Å². The molecule has 5 rings (SSSR count). The molecule has 1 fully saturated rings. The van der Waals surface area contributed by atoms with Crippen molar-refractivity contribution in [3.8, 4) is 16.3 Å². The molecule has 1 amide bonds. The van der Waals surface area contributed by atoms with E-state index in [1.165, 1.54) is 46.2 Å². The Labute approximate surface area is 198 Å². The molecular formula is C24H22FN5O3S. The number of carbonyl (C=O) groups excluding carboxylic acids is 1. The second-order valence-electron chi connectivity index (χ2n) is 7.96. The predicted molar refractivity (Wildman–Crippen MR) is 127 cm³/mol. The van der Waals surface area contributed by atoms with Crippen LogP contribution in [0.1, 0.15) is 16.1 Å². The van der Waals surface area contributed by atoms with E-state index >= 15 is 0 Å². The highest BCUT2D eigenvalue weighted by atomic mass is 32.1. The standard InChI is InChI=1S/C24H22FN5O3S/c1-33-20-5-3-2-4-19(20)22-27-30-21(31)14-18(26-24(30)34-22)15-28-10-12-29(13-11-28)23(32)16-6-8-17(25)9-7-16/h2-9,14H,10-13,15H2,1H3. The third-order valence-electron chi connectivity index (χ3n) is 5.77. The lowest BCUT2D eigenvalue weighted by Crippen LogP contribution is -2.48. The van der Waals surface area contributed by atoms with E-state index in [0.717, 1.165) is 5.56 Å². The number of piperazine rings is 1. The largest absolute Gasteiger partial charge is 0.496 e. The Morgan fingerprint density at radius 3 is 2.56 bits per heavy atom. The number of amides is 1. The van der Waals surface area contributed by atoms with E-state index in [1.807, 2.05) is 24.3 Å². The van der Waals surface area contributed by atoms with Gasteiger partial charge < -0.3 is 9.64 Å². The van der Waals surface area contributed by atoms with Crippen molar-refractivity contribution in [1.82, 2.24) is 24.4 Å². The van der Waals surface area contributed by atoms with Crippen LogP contribution in [0.4, 0.5) is 4.39 Å². The maximum Gasteiger partial charge on any atom is 0.275 e. The first kappa shape index (κ1) is 22.2. The molecule has 0 aliphatic carbocycles. The van der Waals surface area contributed by atoms with Crippen LogP contribution in [0, 0.1) is 5.82 Å². The summed E-state index contributed by atoms with van der Waals surface area (Å²) in [5.41, 5.74) is 1.72. The van der Waals surface area contributed by atoms with E-state index in [1.54, 1.807) is 12.0 Å². The Morgan fingerprint density at radius 2 is 1.82 bits per heavy atom. The number of nitrogens with zero attached hydrogens (tertiary/aromatic N) is 5. The minimum absolute atomic E-state index is 0.106. The van der Waals surface area contributed by atoms with Gasteiger partial charge in [-0.15, -0.1) is 0 Å². The maximum atomic E-state index is 13.1. The molecule has 2 aromatic carbocycles. The van der Waals surface area contributed by atoms with Gasteiger partial charge in [0, 0.05) is 44.4 Å². The Balaban J connectivity index is 1.29. The number of methoxy groups -OCH3 is 1. The van der Waals surface area contributed by atoms with Crippen LogP contribution in [-0.4, -0.2) is 63.6 Å². The monoisotopic (exact) mass is 479 g/mol. The number of benzene rings is 2. The number of fused-ring (bicyclic) bond motifs is 1. The smallest absolute Gasteiger partial charge is 0.275 e. The van der Waals surface area contributed by atoms with Gasteiger partial charge in [-0.05, 0) is 36.4 Å². The summed E-state index contributed by atoms with van der Waals surface area (Å²) in [6.45, 7) is 2.92. The van der Waals surface area contributed by atoms with Crippen LogP contribution in [-0.2, 0) is 6.54 Å². The van der Waals surface area contributed by atoms with Gasteiger partial charge in [0.1, 0.15) is 11.6 Å². The normalized spacial score (nSPS) is 14.5. The Kier molecular flexibility index (Phi) is 6.08. The fourth-order valence-corrected chi connectivity index (χ4v) is 4.93. The zero-order chi connectivity index (χ0) is 23.7. The molecule has 0 unspecified atom stereocenters. The topological polar surface area (TPSA) is 80.0 Å². The molecule has 174 valence electrons. The van der Waals surface area contributed by atoms with Gasteiger partial charge >= 0.3 is 0 Å². The highest BCUT2D eigenvalue weighted by Crippen LogP contribution is 2.32. The molecule has 3 heterocycles. The Hall–Kier alpha value is -3.63. The average Bonchev–Trinajstić information content (AvgIpc) is 3.29. The van der Waals surface area contributed by atoms with Gasteiger partial charge in [-0.3, -0.25) is 14.5 Å². The first-order valence-electron chi connectivity index (χ1n) is 10.8. The molecule has 0 N–H and O–H groups in total. The molecule has 0 spiro atoms. The van der Waals surface area contributed by atoms with Crippen molar-refractivity contribution in [2.24, 2.45) is 0 Å². The summed E-state index contributed by atoms with van der Waals surface area (Å²) in [5, 5.41) is 5.10. The van der Waals surface area contributed by atoms with Crippen molar-refractivity contribution in [3.05, 3.63) is 82.0 Å². The molecule has 2 aromatic heterocycles. The maximum absolute atomic E-state index is 13.1. The summed E-state index contributed by atoms with van der Waals surface area (Å²) in [4.78, 5) is 34.5. The van der Waals surface area contributed by atoms with Gasteiger partial charge in [0.2, 0.25) is 4.96 Å². The highest BCUT2D eigenvalue weighted by Gasteiger charge is 2.23. The summed E-state index contributed by atoms with van der Waals surface area (Å²) < 4.78 is 19.9. The lowest BCUT2D eigenvalue weighted by molar-refractivity contribution is 0.0627. The summed E-state index contributed by atoms with van der Waals surface area (Å²) in [7, 11) is 1.60. The van der Waals surface area contributed by atoms with Gasteiger partial charge in [-0.25, -0.2) is 9.37 Å². The van der Waals surface area contributed by atoms with Crippen LogP contribution >= 0.6 is 11.3 Å². The fourth-order valence-electron chi connectivity index (χ4n) is 3.98. The molecule has 1 saturated heterocycles. The number of carbonyl (C=O) groups is 1. The lowest BCUT2D eigenvalue weighted by atomic mass is 10.1. The summed E-state index contributed by atoms with van der Waals surface area (Å²) in [5.74, 6) is 0.214. The van der Waals surface area contributed by atoms with E-state index in [2.05, 4.69) is 15.0 Å². The molecule has 4 aromatic rings. The summed E-state index contributed by atoms with van der Waals surface area (Å²) in [6, 6.07) is 14.6.